The second kappa shape index (κ2) is 7.85. The summed E-state index contributed by atoms with van der Waals surface area (Å²) in [4.78, 5) is 12.7. The number of nitrogens with zero attached hydrogens (tertiary/aromatic N) is 1. The number of alkyl halides is 3. The molecule has 0 bridgehead atoms. The lowest BCUT2D eigenvalue weighted by molar-refractivity contribution is -0.205. The summed E-state index contributed by atoms with van der Waals surface area (Å²) in [6.45, 7) is 0.303. The first kappa shape index (κ1) is 18.5. The number of hydrogen-bond acceptors (Lipinski definition) is 3. The molecule has 1 aliphatic carbocycles. The second-order valence-corrected chi connectivity index (χ2v) is 6.03. The molecule has 1 fully saturated rings. The van der Waals surface area contributed by atoms with Crippen LogP contribution in [0, 0.1) is 5.92 Å². The third kappa shape index (κ3) is 6.01. The van der Waals surface area contributed by atoms with Crippen molar-refractivity contribution in [3.05, 3.63) is 29.8 Å². The van der Waals surface area contributed by atoms with Crippen molar-refractivity contribution in [1.29, 1.82) is 0 Å². The van der Waals surface area contributed by atoms with Gasteiger partial charge in [-0.15, -0.1) is 0 Å². The minimum Gasteiger partial charge on any atom is -0.382 e. The number of amides is 2. The van der Waals surface area contributed by atoms with Crippen molar-refractivity contribution in [2.75, 3.05) is 25.5 Å². The van der Waals surface area contributed by atoms with Crippen LogP contribution in [-0.4, -0.2) is 48.5 Å². The van der Waals surface area contributed by atoms with Crippen molar-refractivity contribution >= 4 is 11.7 Å². The number of rotatable bonds is 7. The summed E-state index contributed by atoms with van der Waals surface area (Å²) in [7, 11) is 1.19. The number of aliphatic hydroxyl groups excluding tert-OH is 1. The maximum atomic E-state index is 12.3. The van der Waals surface area contributed by atoms with E-state index in [1.807, 2.05) is 6.07 Å². The van der Waals surface area contributed by atoms with Gasteiger partial charge in [0.25, 0.3) is 0 Å². The number of nitrogens with one attached hydrogen (secondary N) is 1. The molecule has 24 heavy (non-hydrogen) atoms. The lowest BCUT2D eigenvalue weighted by Crippen LogP contribution is -2.43. The third-order valence-corrected chi connectivity index (χ3v) is 3.67. The number of carbonyl (C=O) groups is 1. The highest BCUT2D eigenvalue weighted by Gasteiger charge is 2.39. The van der Waals surface area contributed by atoms with Crippen LogP contribution in [0.5, 0.6) is 0 Å². The number of anilines is 1. The maximum Gasteiger partial charge on any atom is 0.416 e. The van der Waals surface area contributed by atoms with E-state index >= 15 is 0 Å². The van der Waals surface area contributed by atoms with Gasteiger partial charge in [-0.3, -0.25) is 0 Å². The molecule has 0 radical (unpaired) electrons. The number of halogens is 3. The van der Waals surface area contributed by atoms with Gasteiger partial charge in [-0.1, -0.05) is 12.1 Å². The van der Waals surface area contributed by atoms with Crippen molar-refractivity contribution in [3.63, 3.8) is 0 Å². The highest BCUT2D eigenvalue weighted by molar-refractivity contribution is 5.89. The van der Waals surface area contributed by atoms with Gasteiger partial charge in [-0.25, -0.2) is 4.79 Å². The Hall–Kier alpha value is -1.80. The molecule has 0 saturated heterocycles. The first-order chi connectivity index (χ1) is 11.3. The van der Waals surface area contributed by atoms with Crippen molar-refractivity contribution in [1.82, 2.24) is 4.90 Å². The molecule has 2 rings (SSSR count). The fraction of sp³-hybridized carbons (Fsp3) is 0.562. The summed E-state index contributed by atoms with van der Waals surface area (Å²) >= 11 is 0. The standard InChI is InChI=1S/C16H21F3N2O3/c1-21(8-14(22)16(17,18)19)15(23)20-13-4-2-3-12(7-13)10-24-9-11-5-6-11/h2-4,7,11,14,22H,5-6,8-10H2,1H3,(H,20,23). The Morgan fingerprint density at radius 3 is 2.79 bits per heavy atom. The van der Waals surface area contributed by atoms with Gasteiger partial charge in [0, 0.05) is 19.3 Å². The van der Waals surface area contributed by atoms with Gasteiger partial charge < -0.3 is 20.1 Å². The Balaban J connectivity index is 1.83. The van der Waals surface area contributed by atoms with E-state index in [0.717, 1.165) is 10.5 Å². The Labute approximate surface area is 138 Å². The number of urea groups is 1. The highest BCUT2D eigenvalue weighted by Crippen LogP contribution is 2.29. The van der Waals surface area contributed by atoms with Crippen molar-refractivity contribution in [2.24, 2.45) is 5.92 Å². The maximum absolute atomic E-state index is 12.3. The molecular formula is C16H21F3N2O3. The van der Waals surface area contributed by atoms with E-state index in [0.29, 0.717) is 24.8 Å². The zero-order valence-electron chi connectivity index (χ0n) is 13.3. The molecule has 1 aliphatic rings. The lowest BCUT2D eigenvalue weighted by atomic mass is 10.2. The van der Waals surface area contributed by atoms with Crippen LogP contribution in [0.25, 0.3) is 0 Å². The Kier molecular flexibility index (Phi) is 6.06. The lowest BCUT2D eigenvalue weighted by Gasteiger charge is -2.22. The molecule has 0 heterocycles. The van der Waals surface area contributed by atoms with Gasteiger partial charge in [-0.05, 0) is 36.5 Å². The molecule has 2 N–H and O–H groups in total. The molecule has 134 valence electrons. The van der Waals surface area contributed by atoms with Gasteiger partial charge in [0.2, 0.25) is 0 Å². The van der Waals surface area contributed by atoms with Crippen LogP contribution < -0.4 is 5.32 Å². The fourth-order valence-electron chi connectivity index (χ4n) is 2.03. The second-order valence-electron chi connectivity index (χ2n) is 6.03. The summed E-state index contributed by atoms with van der Waals surface area (Å²) in [6.07, 6.45) is -4.93. The summed E-state index contributed by atoms with van der Waals surface area (Å²) in [5.41, 5.74) is 1.33. The molecule has 2 amide bonds. The van der Waals surface area contributed by atoms with E-state index in [4.69, 9.17) is 9.84 Å². The van der Waals surface area contributed by atoms with Crippen molar-refractivity contribution in [3.8, 4) is 0 Å². The number of benzene rings is 1. The quantitative estimate of drug-likeness (QED) is 0.798. The summed E-state index contributed by atoms with van der Waals surface area (Å²) in [6, 6.07) is 6.19. The zero-order valence-corrected chi connectivity index (χ0v) is 13.3. The van der Waals surface area contributed by atoms with Crippen LogP contribution in [0.4, 0.5) is 23.7 Å². The molecule has 1 aromatic carbocycles. The number of aliphatic hydroxyl groups is 1. The van der Waals surface area contributed by atoms with E-state index < -0.39 is 24.9 Å². The van der Waals surface area contributed by atoms with Gasteiger partial charge in [0.05, 0.1) is 13.2 Å². The minimum atomic E-state index is -4.76. The molecule has 1 unspecified atom stereocenters. The smallest absolute Gasteiger partial charge is 0.382 e. The van der Waals surface area contributed by atoms with E-state index in [1.165, 1.54) is 19.9 Å². The molecule has 1 saturated carbocycles. The average molecular weight is 346 g/mol. The zero-order chi connectivity index (χ0) is 17.7. The fourth-order valence-corrected chi connectivity index (χ4v) is 2.03. The van der Waals surface area contributed by atoms with Crippen LogP contribution in [0.15, 0.2) is 24.3 Å². The van der Waals surface area contributed by atoms with Crippen LogP contribution in [0.1, 0.15) is 18.4 Å². The summed E-state index contributed by atoms with van der Waals surface area (Å²) < 4.78 is 42.5. The monoisotopic (exact) mass is 346 g/mol. The molecule has 0 aromatic heterocycles. The van der Waals surface area contributed by atoms with E-state index in [-0.39, 0.29) is 0 Å². The molecule has 8 heteroatoms. The Morgan fingerprint density at radius 1 is 1.46 bits per heavy atom. The van der Waals surface area contributed by atoms with Gasteiger partial charge >= 0.3 is 12.2 Å². The predicted octanol–water partition coefficient (Wildman–Crippen LogP) is 3.00. The van der Waals surface area contributed by atoms with E-state index in [9.17, 15) is 18.0 Å². The normalized spacial score (nSPS) is 15.9. The highest BCUT2D eigenvalue weighted by atomic mass is 19.4. The van der Waals surface area contributed by atoms with Gasteiger partial charge in [-0.2, -0.15) is 13.2 Å². The third-order valence-electron chi connectivity index (χ3n) is 3.67. The number of carbonyl (C=O) groups excluding carboxylic acids is 1. The number of ether oxygens (including phenoxy) is 1. The number of hydrogen-bond donors (Lipinski definition) is 2. The van der Waals surface area contributed by atoms with Gasteiger partial charge in [0.1, 0.15) is 0 Å². The minimum absolute atomic E-state index is 0.419. The molecule has 5 nitrogen and oxygen atoms in total. The Bertz CT molecular complexity index is 562. The van der Waals surface area contributed by atoms with Gasteiger partial charge in [0.15, 0.2) is 6.10 Å². The largest absolute Gasteiger partial charge is 0.416 e. The summed E-state index contributed by atoms with van der Waals surface area (Å²) in [5.74, 6) is 0.654. The average Bonchev–Trinajstić information content (AvgIpc) is 3.30. The SMILES string of the molecule is CN(CC(O)C(F)(F)F)C(=O)Nc1cccc(COCC2CC2)c1. The van der Waals surface area contributed by atoms with E-state index in [2.05, 4.69) is 5.32 Å². The first-order valence-electron chi connectivity index (χ1n) is 7.69. The molecular weight excluding hydrogens is 325 g/mol. The van der Waals surface area contributed by atoms with Crippen LogP contribution in [0.2, 0.25) is 0 Å². The van der Waals surface area contributed by atoms with Crippen LogP contribution in [0.3, 0.4) is 0 Å². The molecule has 1 aromatic rings. The van der Waals surface area contributed by atoms with Crippen molar-refractivity contribution in [2.45, 2.75) is 31.7 Å². The molecule has 0 spiro atoms. The first-order valence-corrected chi connectivity index (χ1v) is 7.69. The van der Waals surface area contributed by atoms with E-state index in [1.54, 1.807) is 18.2 Å². The van der Waals surface area contributed by atoms with Crippen molar-refractivity contribution < 1.29 is 27.8 Å². The van der Waals surface area contributed by atoms with Crippen LogP contribution >= 0.6 is 0 Å². The van der Waals surface area contributed by atoms with Crippen LogP contribution in [-0.2, 0) is 11.3 Å². The molecule has 1 atom stereocenters. The summed E-state index contributed by atoms with van der Waals surface area (Å²) in [5, 5.41) is 11.5. The topological polar surface area (TPSA) is 61.8 Å². The Morgan fingerprint density at radius 2 is 2.17 bits per heavy atom. The number of likely N-dealkylation sites (N-methyl/N-ethyl adjacent to an activating group) is 1. The molecule has 0 aliphatic heterocycles. The predicted molar refractivity (Wildman–Crippen MR) is 82.5 cm³/mol.